The third-order valence-electron chi connectivity index (χ3n) is 9.29. The molecule has 64 heavy (non-hydrogen) atoms. The van der Waals surface area contributed by atoms with Crippen LogP contribution in [0.25, 0.3) is 0 Å². The van der Waals surface area contributed by atoms with Crippen molar-refractivity contribution in [1.82, 2.24) is 5.32 Å². The number of carbonyl (C=O) groups is 1. The number of amides is 1. The van der Waals surface area contributed by atoms with Gasteiger partial charge in [-0.15, -0.1) is 0 Å². The fraction of sp³-hybridized carbons (Fsp3) is 0.509. The van der Waals surface area contributed by atoms with Crippen LogP contribution in [0.15, 0.2) is 158 Å². The number of carbonyl (C=O) groups excluding carboxylic acids is 1. The van der Waals surface area contributed by atoms with Gasteiger partial charge in [0.1, 0.15) is 13.2 Å². The van der Waals surface area contributed by atoms with Crippen molar-refractivity contribution in [3.63, 3.8) is 0 Å². The molecule has 0 fully saturated rings. The van der Waals surface area contributed by atoms with Gasteiger partial charge in [0.2, 0.25) is 5.91 Å². The van der Waals surface area contributed by atoms with Gasteiger partial charge in [-0.05, 0) is 116 Å². The van der Waals surface area contributed by atoms with E-state index < -0.39 is 26.6 Å². The van der Waals surface area contributed by atoms with Crippen molar-refractivity contribution in [1.29, 1.82) is 0 Å². The molecule has 0 aromatic carbocycles. The fourth-order valence-corrected chi connectivity index (χ4v) is 6.29. The summed E-state index contributed by atoms with van der Waals surface area (Å²) >= 11 is 0. The Bertz CT molecular complexity index is 1580. The number of unbranched alkanes of at least 4 members (excludes halogenated alkanes) is 4. The van der Waals surface area contributed by atoms with Crippen LogP contribution in [0.2, 0.25) is 0 Å². The quantitative estimate of drug-likeness (QED) is 0.0274. The summed E-state index contributed by atoms with van der Waals surface area (Å²) in [5.41, 5.74) is 0. The van der Waals surface area contributed by atoms with Crippen LogP contribution in [0.3, 0.4) is 0 Å². The van der Waals surface area contributed by atoms with Crippen LogP contribution in [-0.2, 0) is 18.4 Å². The fourth-order valence-electron chi connectivity index (χ4n) is 5.57. The zero-order valence-electron chi connectivity index (χ0n) is 40.4. The summed E-state index contributed by atoms with van der Waals surface area (Å²) in [6, 6.07) is -0.943. The monoisotopic (exact) mass is 903 g/mol. The highest BCUT2D eigenvalue weighted by molar-refractivity contribution is 7.45. The largest absolute Gasteiger partial charge is 0.756 e. The van der Waals surface area contributed by atoms with Crippen LogP contribution < -0.4 is 10.2 Å². The molecule has 0 aliphatic heterocycles. The topological polar surface area (TPSA) is 108 Å². The maximum Gasteiger partial charge on any atom is 0.268 e. The van der Waals surface area contributed by atoms with E-state index in [0.29, 0.717) is 23.9 Å². The first-order valence-electron chi connectivity index (χ1n) is 23.8. The van der Waals surface area contributed by atoms with Crippen LogP contribution in [0.5, 0.6) is 0 Å². The minimum atomic E-state index is -4.62. The Labute approximate surface area is 391 Å². The molecule has 2 N–H and O–H groups in total. The number of phosphoric acid groups is 1. The van der Waals surface area contributed by atoms with Crippen molar-refractivity contribution in [2.75, 3.05) is 40.9 Å². The van der Waals surface area contributed by atoms with Gasteiger partial charge >= 0.3 is 0 Å². The van der Waals surface area contributed by atoms with Gasteiger partial charge in [-0.1, -0.05) is 165 Å². The average Bonchev–Trinajstić information content (AvgIpc) is 3.25. The molecule has 0 aliphatic carbocycles. The van der Waals surface area contributed by atoms with E-state index >= 15 is 0 Å². The van der Waals surface area contributed by atoms with E-state index in [2.05, 4.69) is 152 Å². The van der Waals surface area contributed by atoms with Gasteiger partial charge in [0.15, 0.2) is 0 Å². The Hall–Kier alpha value is -3.88. The van der Waals surface area contributed by atoms with Crippen molar-refractivity contribution in [3.05, 3.63) is 158 Å². The number of aliphatic hydroxyl groups excluding tert-OH is 1. The molecule has 0 heterocycles. The molecule has 1 amide bonds. The first kappa shape index (κ1) is 60.1. The molecule has 0 bridgehead atoms. The Morgan fingerprint density at radius 3 is 1.39 bits per heavy atom. The molecule has 3 atom stereocenters. The molecule has 9 heteroatoms. The lowest BCUT2D eigenvalue weighted by Gasteiger charge is -2.29. The van der Waals surface area contributed by atoms with E-state index in [-0.39, 0.29) is 18.9 Å². The van der Waals surface area contributed by atoms with E-state index in [1.165, 1.54) is 0 Å². The number of rotatable bonds is 40. The number of nitrogens with one attached hydrogen (secondary N) is 1. The number of aliphatic hydroxyl groups is 1. The third kappa shape index (κ3) is 46.1. The number of nitrogens with zero attached hydrogens (tertiary/aromatic N) is 1. The van der Waals surface area contributed by atoms with Crippen molar-refractivity contribution in [3.8, 4) is 0 Å². The maximum atomic E-state index is 12.8. The summed E-state index contributed by atoms with van der Waals surface area (Å²) in [7, 11) is 1.17. The number of hydrogen-bond donors (Lipinski definition) is 2. The van der Waals surface area contributed by atoms with Crippen molar-refractivity contribution in [2.45, 2.75) is 142 Å². The van der Waals surface area contributed by atoms with Crippen molar-refractivity contribution < 1.29 is 32.9 Å². The smallest absolute Gasteiger partial charge is 0.268 e. The zero-order valence-corrected chi connectivity index (χ0v) is 41.3. The Morgan fingerprint density at radius 2 is 0.969 bits per heavy atom. The second-order valence-corrected chi connectivity index (χ2v) is 17.8. The van der Waals surface area contributed by atoms with Crippen LogP contribution in [-0.4, -0.2) is 68.5 Å². The molecule has 0 aromatic heterocycles. The standard InChI is InChI=1S/C55H87N2O6P/c1-6-8-10-12-14-16-17-18-19-20-21-22-23-24-25-26-27-28-29-30-31-32-33-34-35-36-37-38-39-41-43-45-47-49-55(59)56-53(52-63-64(60,61)62-51-50-57(3,4)5)54(58)48-46-44-42-40-15-13-11-9-7-2/h7-10,14-16,18-19,21-22,24-25,27-28,30-31,33-34,36-37,39-41,46,48,53-54,58H,6,11-13,17,20,23,26,29,32,35,38,42-45,47,49-52H2,1-5H3,(H-,56,59,60,61)/b9-7+,10-8-,16-14-,19-18-,22-21-,25-24-,28-27-,31-30-,34-33-,37-36-,40-15+,41-39-,48-46+. The van der Waals surface area contributed by atoms with Crippen molar-refractivity contribution in [2.24, 2.45) is 0 Å². The molecule has 0 radical (unpaired) electrons. The van der Waals surface area contributed by atoms with Gasteiger partial charge < -0.3 is 28.8 Å². The van der Waals surface area contributed by atoms with Crippen LogP contribution in [0, 0.1) is 0 Å². The number of phosphoric ester groups is 1. The highest BCUT2D eigenvalue weighted by Crippen LogP contribution is 2.38. The predicted molar refractivity (Wildman–Crippen MR) is 274 cm³/mol. The molecule has 0 saturated heterocycles. The molecule has 0 spiro atoms. The zero-order chi connectivity index (χ0) is 47.1. The van der Waals surface area contributed by atoms with E-state index in [0.717, 1.165) is 96.3 Å². The molecule has 0 aliphatic rings. The molecular weight excluding hydrogens is 816 g/mol. The summed E-state index contributed by atoms with van der Waals surface area (Å²) in [6.07, 6.45) is 70.6. The van der Waals surface area contributed by atoms with E-state index in [4.69, 9.17) is 9.05 Å². The molecule has 3 unspecified atom stereocenters. The normalized spacial score (nSPS) is 15.5. The first-order valence-corrected chi connectivity index (χ1v) is 25.3. The minimum Gasteiger partial charge on any atom is -0.756 e. The highest BCUT2D eigenvalue weighted by Gasteiger charge is 2.23. The lowest BCUT2D eigenvalue weighted by Crippen LogP contribution is -2.45. The van der Waals surface area contributed by atoms with Gasteiger partial charge in [0.25, 0.3) is 7.82 Å². The second-order valence-electron chi connectivity index (χ2n) is 16.4. The summed E-state index contributed by atoms with van der Waals surface area (Å²) in [5, 5.41) is 13.6. The molecule has 0 rings (SSSR count). The van der Waals surface area contributed by atoms with Gasteiger partial charge in [-0.25, -0.2) is 0 Å². The SMILES string of the molecule is C/C=C/CC/C=C/CC/C=C/C(O)C(COP(=O)([O-])OCC[N+](C)(C)C)NC(=O)CCCC/C=C\C/C=C\C/C=C\C/C=C\C/C=C\C/C=C\C/C=C\C/C=C\C/C=C\C/C=C\CC. The lowest BCUT2D eigenvalue weighted by atomic mass is 10.1. The minimum absolute atomic E-state index is 0.0279. The number of hydrogen-bond acceptors (Lipinski definition) is 6. The Balaban J connectivity index is 4.32. The number of allylic oxidation sites excluding steroid dienone is 25. The average molecular weight is 903 g/mol. The van der Waals surface area contributed by atoms with Crippen LogP contribution in [0.1, 0.15) is 129 Å². The number of likely N-dealkylation sites (N-methyl/N-ethyl adjacent to an activating group) is 1. The number of quaternary nitrogens is 1. The van der Waals surface area contributed by atoms with Gasteiger partial charge in [-0.2, -0.15) is 0 Å². The van der Waals surface area contributed by atoms with Gasteiger partial charge in [-0.3, -0.25) is 9.36 Å². The molecular formula is C55H87N2O6P. The lowest BCUT2D eigenvalue weighted by molar-refractivity contribution is -0.870. The summed E-state index contributed by atoms with van der Waals surface area (Å²) < 4.78 is 23.1. The Kier molecular flexibility index (Phi) is 41.6. The van der Waals surface area contributed by atoms with Gasteiger partial charge in [0.05, 0.1) is 39.9 Å². The summed E-state index contributed by atoms with van der Waals surface area (Å²) in [4.78, 5) is 25.2. The highest BCUT2D eigenvalue weighted by atomic mass is 31.2. The van der Waals surface area contributed by atoms with Crippen LogP contribution >= 0.6 is 7.82 Å². The second kappa shape index (κ2) is 44.3. The molecule has 358 valence electrons. The summed E-state index contributed by atoms with van der Waals surface area (Å²) in [6.45, 7) is 4.18. The van der Waals surface area contributed by atoms with Crippen molar-refractivity contribution >= 4 is 13.7 Å². The molecule has 0 saturated carbocycles. The maximum absolute atomic E-state index is 12.8. The molecule has 8 nitrogen and oxygen atoms in total. The van der Waals surface area contributed by atoms with E-state index in [9.17, 15) is 19.4 Å². The van der Waals surface area contributed by atoms with E-state index in [1.807, 2.05) is 40.2 Å². The molecule has 0 aromatic rings. The predicted octanol–water partition coefficient (Wildman–Crippen LogP) is 13.3. The Morgan fingerprint density at radius 1 is 0.578 bits per heavy atom. The summed E-state index contributed by atoms with van der Waals surface area (Å²) in [5.74, 6) is -0.267. The van der Waals surface area contributed by atoms with Crippen LogP contribution in [0.4, 0.5) is 0 Å². The first-order chi connectivity index (χ1) is 31.0. The van der Waals surface area contributed by atoms with E-state index in [1.54, 1.807) is 6.08 Å². The third-order valence-corrected chi connectivity index (χ3v) is 10.3. The van der Waals surface area contributed by atoms with Gasteiger partial charge in [0, 0.05) is 6.42 Å².